The second kappa shape index (κ2) is 9.41. The van der Waals surface area contributed by atoms with Gasteiger partial charge in [-0.05, 0) is 44.4 Å². The lowest BCUT2D eigenvalue weighted by Crippen LogP contribution is -2.51. The highest BCUT2D eigenvalue weighted by molar-refractivity contribution is 5.93. The monoisotopic (exact) mass is 407 g/mol. The zero-order valence-corrected chi connectivity index (χ0v) is 17.2. The molecule has 0 radical (unpaired) electrons. The topological polar surface area (TPSA) is 94.2 Å². The molecule has 1 aliphatic carbocycles. The number of para-hydroxylation sites is 1. The fraction of sp³-hybridized carbons (Fsp3) is 0.522. The molecule has 158 valence electrons. The Hall–Kier alpha value is -2.69. The number of aromatic nitrogens is 2. The van der Waals surface area contributed by atoms with Gasteiger partial charge in [-0.25, -0.2) is 4.68 Å². The summed E-state index contributed by atoms with van der Waals surface area (Å²) in [5.74, 6) is 0.498. The maximum Gasteiger partial charge on any atom is 0.239 e. The molecule has 1 aliphatic heterocycles. The Kier molecular flexibility index (Phi) is 6.46. The lowest BCUT2D eigenvalue weighted by atomic mass is 9.78. The first-order valence-electron chi connectivity index (χ1n) is 10.9. The molecule has 7 nitrogen and oxygen atoms in total. The standard InChI is InChI=1S/C23H29N5O2/c24-14-17-15-25-28(18-8-2-1-3-9-18)23(17)26-22(30)16-27-13-7-6-11-20(27)19-10-4-5-12-21(19)29/h1-3,8-9,15,19-21,29H,4-7,10-13,16H2,(H,26,30)/t19-,20+,21-/m0/s1. The number of nitrogens with one attached hydrogen (secondary N) is 1. The number of aliphatic hydroxyl groups excluding tert-OH is 1. The molecular weight excluding hydrogens is 378 g/mol. The normalized spacial score (nSPS) is 24.9. The SMILES string of the molecule is N#Cc1cnn(-c2ccccc2)c1NC(=O)CN1CCCC[C@@H]1[C@@H]1CCCC[C@@H]1O. The molecule has 7 heteroatoms. The van der Waals surface area contributed by atoms with Crippen molar-refractivity contribution in [3.63, 3.8) is 0 Å². The quantitative estimate of drug-likeness (QED) is 0.794. The summed E-state index contributed by atoms with van der Waals surface area (Å²) in [7, 11) is 0. The van der Waals surface area contributed by atoms with Gasteiger partial charge in [0.15, 0.2) is 5.82 Å². The van der Waals surface area contributed by atoms with Gasteiger partial charge in [-0.1, -0.05) is 37.5 Å². The summed E-state index contributed by atoms with van der Waals surface area (Å²) in [4.78, 5) is 15.2. The van der Waals surface area contributed by atoms with Crippen molar-refractivity contribution in [3.05, 3.63) is 42.1 Å². The molecule has 0 bridgehead atoms. The summed E-state index contributed by atoms with van der Waals surface area (Å²) in [5, 5.41) is 27.2. The molecule has 2 aliphatic rings. The summed E-state index contributed by atoms with van der Waals surface area (Å²) in [5.41, 5.74) is 1.13. The summed E-state index contributed by atoms with van der Waals surface area (Å²) in [6, 6.07) is 11.8. The number of anilines is 1. The third-order valence-corrected chi connectivity index (χ3v) is 6.43. The van der Waals surface area contributed by atoms with Crippen LogP contribution in [0.5, 0.6) is 0 Å². The van der Waals surface area contributed by atoms with Crippen LogP contribution in [0, 0.1) is 17.2 Å². The first-order valence-corrected chi connectivity index (χ1v) is 10.9. The number of hydrogen-bond donors (Lipinski definition) is 2. The van der Waals surface area contributed by atoms with Gasteiger partial charge in [0.1, 0.15) is 11.6 Å². The first-order chi connectivity index (χ1) is 14.7. The molecule has 1 amide bonds. The third-order valence-electron chi connectivity index (χ3n) is 6.43. The molecule has 2 heterocycles. The Bertz CT molecular complexity index is 904. The third kappa shape index (κ3) is 4.40. The largest absolute Gasteiger partial charge is 0.393 e. The van der Waals surface area contributed by atoms with E-state index < -0.39 is 0 Å². The Labute approximate surface area is 177 Å². The van der Waals surface area contributed by atoms with E-state index in [1.165, 1.54) is 6.20 Å². The van der Waals surface area contributed by atoms with Crippen LogP contribution in [0.4, 0.5) is 5.82 Å². The maximum absolute atomic E-state index is 13.0. The van der Waals surface area contributed by atoms with E-state index in [0.717, 1.165) is 57.2 Å². The fourth-order valence-corrected chi connectivity index (χ4v) is 4.96. The minimum Gasteiger partial charge on any atom is -0.393 e. The number of carbonyl (C=O) groups is 1. The van der Waals surface area contributed by atoms with Crippen LogP contribution in [-0.4, -0.2) is 50.9 Å². The Morgan fingerprint density at radius 2 is 1.93 bits per heavy atom. The predicted octanol–water partition coefficient (Wildman–Crippen LogP) is 3.09. The second-order valence-corrected chi connectivity index (χ2v) is 8.36. The summed E-state index contributed by atoms with van der Waals surface area (Å²) >= 11 is 0. The van der Waals surface area contributed by atoms with Gasteiger partial charge in [-0.2, -0.15) is 10.4 Å². The van der Waals surface area contributed by atoms with Gasteiger partial charge in [-0.3, -0.25) is 9.69 Å². The second-order valence-electron chi connectivity index (χ2n) is 8.36. The van der Waals surface area contributed by atoms with Gasteiger partial charge in [0.2, 0.25) is 5.91 Å². The number of piperidine rings is 1. The number of rotatable bonds is 5. The summed E-state index contributed by atoms with van der Waals surface area (Å²) in [6.07, 6.45) is 8.59. The molecule has 3 atom stereocenters. The van der Waals surface area contributed by atoms with E-state index in [1.54, 1.807) is 4.68 Å². The molecule has 2 aromatic rings. The van der Waals surface area contributed by atoms with E-state index in [4.69, 9.17) is 0 Å². The minimum atomic E-state index is -0.267. The van der Waals surface area contributed by atoms with Crippen LogP contribution in [-0.2, 0) is 4.79 Å². The zero-order chi connectivity index (χ0) is 20.9. The average molecular weight is 408 g/mol. The van der Waals surface area contributed by atoms with Crippen molar-refractivity contribution in [3.8, 4) is 11.8 Å². The van der Waals surface area contributed by atoms with Gasteiger partial charge < -0.3 is 10.4 Å². The number of amides is 1. The van der Waals surface area contributed by atoms with Crippen LogP contribution in [0.25, 0.3) is 5.69 Å². The van der Waals surface area contributed by atoms with Gasteiger partial charge in [-0.15, -0.1) is 0 Å². The van der Waals surface area contributed by atoms with Crippen molar-refractivity contribution < 1.29 is 9.90 Å². The zero-order valence-electron chi connectivity index (χ0n) is 17.2. The van der Waals surface area contributed by atoms with E-state index in [-0.39, 0.29) is 30.5 Å². The molecular formula is C23H29N5O2. The number of hydrogen-bond acceptors (Lipinski definition) is 5. The van der Waals surface area contributed by atoms with E-state index in [1.807, 2.05) is 30.3 Å². The molecule has 4 rings (SSSR count). The Morgan fingerprint density at radius 3 is 2.70 bits per heavy atom. The molecule has 1 saturated heterocycles. The van der Waals surface area contributed by atoms with Crippen molar-refractivity contribution in [2.75, 3.05) is 18.4 Å². The van der Waals surface area contributed by atoms with Crippen molar-refractivity contribution in [1.82, 2.24) is 14.7 Å². The van der Waals surface area contributed by atoms with Crippen molar-refractivity contribution in [1.29, 1.82) is 5.26 Å². The van der Waals surface area contributed by atoms with E-state index in [2.05, 4.69) is 21.4 Å². The maximum atomic E-state index is 13.0. The molecule has 30 heavy (non-hydrogen) atoms. The number of likely N-dealkylation sites (tertiary alicyclic amines) is 1. The molecule has 2 fully saturated rings. The van der Waals surface area contributed by atoms with E-state index in [0.29, 0.717) is 11.4 Å². The Morgan fingerprint density at radius 1 is 1.17 bits per heavy atom. The average Bonchev–Trinajstić information content (AvgIpc) is 3.17. The van der Waals surface area contributed by atoms with Crippen LogP contribution < -0.4 is 5.32 Å². The summed E-state index contributed by atoms with van der Waals surface area (Å²) in [6.45, 7) is 1.13. The highest BCUT2D eigenvalue weighted by Crippen LogP contribution is 2.34. The number of carbonyl (C=O) groups excluding carboxylic acids is 1. The van der Waals surface area contributed by atoms with Gasteiger partial charge in [0.25, 0.3) is 0 Å². The van der Waals surface area contributed by atoms with Gasteiger partial charge >= 0.3 is 0 Å². The smallest absolute Gasteiger partial charge is 0.239 e. The Balaban J connectivity index is 1.49. The summed E-state index contributed by atoms with van der Waals surface area (Å²) < 4.78 is 1.59. The first kappa shape index (κ1) is 20.6. The molecule has 1 aromatic carbocycles. The molecule has 0 unspecified atom stereocenters. The highest BCUT2D eigenvalue weighted by Gasteiger charge is 2.36. The number of benzene rings is 1. The predicted molar refractivity (Wildman–Crippen MR) is 114 cm³/mol. The van der Waals surface area contributed by atoms with Crippen LogP contribution in [0.2, 0.25) is 0 Å². The van der Waals surface area contributed by atoms with Crippen LogP contribution in [0.3, 0.4) is 0 Å². The molecule has 2 N–H and O–H groups in total. The number of aliphatic hydroxyl groups is 1. The molecule has 0 spiro atoms. The lowest BCUT2D eigenvalue weighted by molar-refractivity contribution is -0.119. The van der Waals surface area contributed by atoms with Gasteiger partial charge in [0.05, 0.1) is 24.5 Å². The van der Waals surface area contributed by atoms with Crippen LogP contribution in [0.15, 0.2) is 36.5 Å². The van der Waals surface area contributed by atoms with Crippen LogP contribution in [0.1, 0.15) is 50.5 Å². The molecule has 1 aromatic heterocycles. The number of nitriles is 1. The highest BCUT2D eigenvalue weighted by atomic mass is 16.3. The van der Waals surface area contributed by atoms with Crippen LogP contribution >= 0.6 is 0 Å². The van der Waals surface area contributed by atoms with Gasteiger partial charge in [0, 0.05) is 12.0 Å². The lowest BCUT2D eigenvalue weighted by Gasteiger charge is -2.43. The van der Waals surface area contributed by atoms with E-state index in [9.17, 15) is 15.2 Å². The van der Waals surface area contributed by atoms with Crippen molar-refractivity contribution in [2.24, 2.45) is 5.92 Å². The fourth-order valence-electron chi connectivity index (χ4n) is 4.96. The minimum absolute atomic E-state index is 0.151. The van der Waals surface area contributed by atoms with Crippen molar-refractivity contribution >= 4 is 11.7 Å². The van der Waals surface area contributed by atoms with Crippen molar-refractivity contribution in [2.45, 2.75) is 57.1 Å². The molecule has 1 saturated carbocycles. The number of nitrogens with zero attached hydrogens (tertiary/aromatic N) is 4. The van der Waals surface area contributed by atoms with E-state index >= 15 is 0 Å².